The van der Waals surface area contributed by atoms with Gasteiger partial charge in [0.05, 0.1) is 17.3 Å². The van der Waals surface area contributed by atoms with Gasteiger partial charge in [-0.3, -0.25) is 9.89 Å². The van der Waals surface area contributed by atoms with Gasteiger partial charge in [-0.25, -0.2) is 0 Å². The number of carbonyl (C=O) groups is 1. The Morgan fingerprint density at radius 2 is 2.29 bits per heavy atom. The van der Waals surface area contributed by atoms with E-state index in [1.54, 1.807) is 25.3 Å². The van der Waals surface area contributed by atoms with Gasteiger partial charge in [-0.15, -0.1) is 0 Å². The molecule has 0 spiro atoms. The second kappa shape index (κ2) is 8.06. The quantitative estimate of drug-likeness (QED) is 0.533. The van der Waals surface area contributed by atoms with E-state index in [0.29, 0.717) is 33.2 Å². The molecular formula is C14H16BrN5O3S. The summed E-state index contributed by atoms with van der Waals surface area (Å²) in [6.07, 6.45) is 1.61. The predicted octanol–water partition coefficient (Wildman–Crippen LogP) is 2.16. The molecule has 1 heterocycles. The molecule has 2 rings (SSSR count). The van der Waals surface area contributed by atoms with Crippen LogP contribution in [0.2, 0.25) is 0 Å². The second-order valence-corrected chi connectivity index (χ2v) is 5.89. The molecule has 0 radical (unpaired) electrons. The topological polar surface area (TPSA) is 108 Å². The maximum absolute atomic E-state index is 10.9. The van der Waals surface area contributed by atoms with Crippen LogP contribution in [0, 0.1) is 11.7 Å². The third kappa shape index (κ3) is 4.42. The van der Waals surface area contributed by atoms with Crippen molar-refractivity contribution in [2.24, 2.45) is 10.8 Å². The van der Waals surface area contributed by atoms with Crippen molar-refractivity contribution >= 4 is 40.3 Å². The van der Waals surface area contributed by atoms with Crippen LogP contribution in [-0.2, 0) is 4.79 Å². The zero-order chi connectivity index (χ0) is 17.7. The second-order valence-electron chi connectivity index (χ2n) is 4.65. The highest BCUT2D eigenvalue weighted by atomic mass is 79.9. The lowest BCUT2D eigenvalue weighted by Crippen LogP contribution is -2.20. The monoisotopic (exact) mass is 413 g/mol. The van der Waals surface area contributed by atoms with Gasteiger partial charge in [0.15, 0.2) is 18.1 Å². The number of hydrogen-bond acceptors (Lipinski definition) is 6. The third-order valence-electron chi connectivity index (χ3n) is 2.82. The molecule has 1 aromatic heterocycles. The van der Waals surface area contributed by atoms with E-state index in [1.165, 1.54) is 4.68 Å². The maximum Gasteiger partial charge on any atom is 0.255 e. The number of nitrogens with zero attached hydrogens (tertiary/aromatic N) is 3. The smallest absolute Gasteiger partial charge is 0.255 e. The largest absolute Gasteiger partial charge is 0.490 e. The Morgan fingerprint density at radius 1 is 1.54 bits per heavy atom. The minimum atomic E-state index is -0.570. The lowest BCUT2D eigenvalue weighted by molar-refractivity contribution is -0.119. The Bertz CT molecular complexity index is 830. The number of hydrogen-bond donors (Lipinski definition) is 2. The first kappa shape index (κ1) is 18.1. The van der Waals surface area contributed by atoms with Gasteiger partial charge in [0.2, 0.25) is 4.77 Å². The highest BCUT2D eigenvalue weighted by molar-refractivity contribution is 9.10. The number of benzene rings is 1. The van der Waals surface area contributed by atoms with E-state index in [4.69, 9.17) is 27.4 Å². The van der Waals surface area contributed by atoms with E-state index >= 15 is 0 Å². The third-order valence-corrected chi connectivity index (χ3v) is 3.68. The van der Waals surface area contributed by atoms with Crippen LogP contribution in [0.5, 0.6) is 11.5 Å². The van der Waals surface area contributed by atoms with Gasteiger partial charge in [0.1, 0.15) is 5.82 Å². The summed E-state index contributed by atoms with van der Waals surface area (Å²) in [7, 11) is 0. The SMILES string of the molecule is CCOc1cc(/C=N\n2c(C)n[nH]c2=S)cc(Br)c1OCC(N)=O. The zero-order valence-electron chi connectivity index (χ0n) is 13.1. The lowest BCUT2D eigenvalue weighted by Gasteiger charge is -2.13. The van der Waals surface area contributed by atoms with Crippen LogP contribution in [0.3, 0.4) is 0 Å². The molecule has 24 heavy (non-hydrogen) atoms. The Balaban J connectivity index is 2.34. The molecule has 0 saturated carbocycles. The minimum Gasteiger partial charge on any atom is -0.490 e. The predicted molar refractivity (Wildman–Crippen MR) is 95.1 cm³/mol. The van der Waals surface area contributed by atoms with Gasteiger partial charge in [0.25, 0.3) is 5.91 Å². The fourth-order valence-electron chi connectivity index (χ4n) is 1.84. The van der Waals surface area contributed by atoms with E-state index < -0.39 is 5.91 Å². The van der Waals surface area contributed by atoms with Crippen LogP contribution in [0.25, 0.3) is 0 Å². The van der Waals surface area contributed by atoms with Crippen LogP contribution in [-0.4, -0.2) is 40.2 Å². The summed E-state index contributed by atoms with van der Waals surface area (Å²) in [5.74, 6) is 0.951. The summed E-state index contributed by atoms with van der Waals surface area (Å²) in [5, 5.41) is 10.9. The van der Waals surface area contributed by atoms with E-state index in [2.05, 4.69) is 31.2 Å². The van der Waals surface area contributed by atoms with E-state index in [9.17, 15) is 4.79 Å². The van der Waals surface area contributed by atoms with Gasteiger partial charge in [-0.05, 0) is 59.7 Å². The first-order valence-electron chi connectivity index (χ1n) is 6.98. The summed E-state index contributed by atoms with van der Waals surface area (Å²) in [5.41, 5.74) is 5.86. The highest BCUT2D eigenvalue weighted by Crippen LogP contribution is 2.36. The molecule has 1 aromatic carbocycles. The minimum absolute atomic E-state index is 0.241. The van der Waals surface area contributed by atoms with Crippen molar-refractivity contribution in [3.8, 4) is 11.5 Å². The number of rotatable bonds is 7. The Hall–Kier alpha value is -2.20. The number of aromatic nitrogens is 3. The van der Waals surface area contributed by atoms with Gasteiger partial charge in [0, 0.05) is 0 Å². The van der Waals surface area contributed by atoms with Crippen molar-refractivity contribution in [2.45, 2.75) is 13.8 Å². The molecule has 0 aliphatic heterocycles. The first-order valence-corrected chi connectivity index (χ1v) is 8.18. The Labute approximate surface area is 151 Å². The fourth-order valence-corrected chi connectivity index (χ4v) is 2.64. The first-order chi connectivity index (χ1) is 11.4. The van der Waals surface area contributed by atoms with Crippen molar-refractivity contribution in [1.82, 2.24) is 14.9 Å². The van der Waals surface area contributed by atoms with Crippen molar-refractivity contribution in [1.29, 1.82) is 0 Å². The van der Waals surface area contributed by atoms with Crippen LogP contribution in [0.4, 0.5) is 0 Å². The standard InChI is InChI=1S/C14H16BrN5O3S/c1-3-22-11-5-9(4-10(15)13(11)23-7-12(16)21)6-17-20-8(2)18-19-14(20)24/h4-6H,3,7H2,1-2H3,(H2,16,21)(H,19,24)/b17-6-. The summed E-state index contributed by atoms with van der Waals surface area (Å²) >= 11 is 8.50. The zero-order valence-corrected chi connectivity index (χ0v) is 15.5. The van der Waals surface area contributed by atoms with Crippen molar-refractivity contribution in [3.05, 3.63) is 32.8 Å². The van der Waals surface area contributed by atoms with Gasteiger partial charge in [-0.2, -0.15) is 14.9 Å². The van der Waals surface area contributed by atoms with Gasteiger partial charge < -0.3 is 15.2 Å². The maximum atomic E-state index is 10.9. The average molecular weight is 414 g/mol. The van der Waals surface area contributed by atoms with Crippen molar-refractivity contribution < 1.29 is 14.3 Å². The summed E-state index contributed by atoms with van der Waals surface area (Å²) in [6.45, 7) is 3.83. The molecule has 0 aliphatic rings. The average Bonchev–Trinajstić information content (AvgIpc) is 2.83. The van der Waals surface area contributed by atoms with Crippen molar-refractivity contribution in [3.63, 3.8) is 0 Å². The molecule has 0 bridgehead atoms. The summed E-state index contributed by atoms with van der Waals surface area (Å²) in [4.78, 5) is 10.9. The lowest BCUT2D eigenvalue weighted by atomic mass is 10.2. The molecule has 10 heteroatoms. The Morgan fingerprint density at radius 3 is 2.88 bits per heavy atom. The molecule has 0 saturated heterocycles. The summed E-state index contributed by atoms with van der Waals surface area (Å²) in [6, 6.07) is 3.52. The number of halogens is 1. The number of aromatic amines is 1. The molecule has 0 aliphatic carbocycles. The van der Waals surface area contributed by atoms with E-state index in [0.717, 1.165) is 5.56 Å². The molecule has 2 aromatic rings. The fraction of sp³-hybridized carbons (Fsp3) is 0.286. The van der Waals surface area contributed by atoms with Crippen LogP contribution in [0.15, 0.2) is 21.7 Å². The van der Waals surface area contributed by atoms with Gasteiger partial charge >= 0.3 is 0 Å². The van der Waals surface area contributed by atoms with Gasteiger partial charge in [-0.1, -0.05) is 0 Å². The molecule has 0 fully saturated rings. The van der Waals surface area contributed by atoms with E-state index in [1.807, 2.05) is 6.92 Å². The number of ether oxygens (including phenoxy) is 2. The molecule has 0 atom stereocenters. The van der Waals surface area contributed by atoms with E-state index in [-0.39, 0.29) is 6.61 Å². The number of nitrogens with one attached hydrogen (secondary N) is 1. The molecule has 3 N–H and O–H groups in total. The Kier molecular flexibility index (Phi) is 6.10. The number of aryl methyl sites for hydroxylation is 1. The molecule has 8 nitrogen and oxygen atoms in total. The van der Waals surface area contributed by atoms with Crippen LogP contribution in [0.1, 0.15) is 18.3 Å². The number of nitrogens with two attached hydrogens (primary N) is 1. The molecule has 1 amide bonds. The normalized spacial score (nSPS) is 11.0. The van der Waals surface area contributed by atoms with Crippen LogP contribution < -0.4 is 15.2 Å². The number of H-pyrrole nitrogens is 1. The number of carbonyl (C=O) groups excluding carboxylic acids is 1. The molecular weight excluding hydrogens is 398 g/mol. The van der Waals surface area contributed by atoms with Crippen LogP contribution >= 0.6 is 28.1 Å². The molecule has 0 unspecified atom stereocenters. The van der Waals surface area contributed by atoms with Crippen molar-refractivity contribution in [2.75, 3.05) is 13.2 Å². The number of primary amides is 1. The summed E-state index contributed by atoms with van der Waals surface area (Å²) < 4.78 is 13.5. The molecule has 128 valence electrons. The number of amides is 1. The highest BCUT2D eigenvalue weighted by Gasteiger charge is 2.13.